The van der Waals surface area contributed by atoms with E-state index >= 15 is 0 Å². The van der Waals surface area contributed by atoms with Crippen molar-refractivity contribution in [3.05, 3.63) is 55.7 Å². The molecule has 2 N–H and O–H groups in total. The zero-order valence-corrected chi connectivity index (χ0v) is 14.6. The van der Waals surface area contributed by atoms with E-state index in [0.717, 1.165) is 29.3 Å². The molecule has 3 heterocycles. The van der Waals surface area contributed by atoms with Gasteiger partial charge in [0.15, 0.2) is 5.52 Å². The van der Waals surface area contributed by atoms with Crippen molar-refractivity contribution in [3.8, 4) is 11.4 Å². The molecule has 1 fully saturated rings. The zero-order chi connectivity index (χ0) is 18.0. The minimum Gasteiger partial charge on any atom is -0.305 e. The second-order valence-corrected chi connectivity index (χ2v) is 7.02. The summed E-state index contributed by atoms with van der Waals surface area (Å²) in [6.07, 6.45) is 2.05. The Balaban J connectivity index is 1.89. The molecule has 130 valence electrons. The molecule has 0 bridgehead atoms. The highest BCUT2D eigenvalue weighted by Gasteiger charge is 2.28. The number of nitrogens with one attached hydrogen (secondary N) is 2. The van der Waals surface area contributed by atoms with E-state index in [-0.39, 0.29) is 5.52 Å². The Morgan fingerprint density at radius 1 is 1.23 bits per heavy atom. The van der Waals surface area contributed by atoms with Crippen LogP contribution in [0.3, 0.4) is 0 Å². The van der Waals surface area contributed by atoms with Gasteiger partial charge in [0.2, 0.25) is 0 Å². The van der Waals surface area contributed by atoms with Gasteiger partial charge in [0, 0.05) is 12.4 Å². The molecule has 0 amide bonds. The summed E-state index contributed by atoms with van der Waals surface area (Å²) < 4.78 is 1.75. The Bertz CT molecular complexity index is 1310. The minimum atomic E-state index is -0.523. The van der Waals surface area contributed by atoms with Gasteiger partial charge in [-0.3, -0.25) is 14.5 Å². The van der Waals surface area contributed by atoms with Crippen molar-refractivity contribution >= 4 is 33.5 Å². The Morgan fingerprint density at radius 3 is 2.81 bits per heavy atom. The molecule has 0 aliphatic heterocycles. The number of benzene rings is 1. The Hall–Kier alpha value is -2.93. The number of aromatic nitrogens is 5. The van der Waals surface area contributed by atoms with Crippen LogP contribution in [0.1, 0.15) is 24.3 Å². The first kappa shape index (κ1) is 15.3. The predicted octanol–water partition coefficient (Wildman–Crippen LogP) is 2.70. The summed E-state index contributed by atoms with van der Waals surface area (Å²) in [6.45, 7) is 0. The molecule has 8 heteroatoms. The zero-order valence-electron chi connectivity index (χ0n) is 13.8. The summed E-state index contributed by atoms with van der Waals surface area (Å²) in [7, 11) is 1.84. The van der Waals surface area contributed by atoms with E-state index in [2.05, 4.69) is 20.1 Å². The van der Waals surface area contributed by atoms with E-state index < -0.39 is 11.2 Å². The molecule has 3 aromatic heterocycles. The Kier molecular flexibility index (Phi) is 3.12. The number of aromatic amines is 2. The van der Waals surface area contributed by atoms with E-state index in [1.54, 1.807) is 4.68 Å². The van der Waals surface area contributed by atoms with E-state index in [4.69, 9.17) is 11.6 Å². The third-order valence-electron chi connectivity index (χ3n) is 4.82. The summed E-state index contributed by atoms with van der Waals surface area (Å²) in [5, 5.41) is 5.96. The van der Waals surface area contributed by atoms with Gasteiger partial charge in [-0.05, 0) is 42.5 Å². The molecule has 5 rings (SSSR count). The molecule has 0 radical (unpaired) electrons. The number of fused-ring (bicyclic) bond motifs is 2. The third-order valence-corrected chi connectivity index (χ3v) is 5.13. The molecule has 1 aliphatic carbocycles. The number of pyridine rings is 1. The smallest absolute Gasteiger partial charge is 0.305 e. The molecule has 0 atom stereocenters. The summed E-state index contributed by atoms with van der Waals surface area (Å²) in [4.78, 5) is 33.5. The number of hydrogen-bond donors (Lipinski definition) is 2. The fourth-order valence-corrected chi connectivity index (χ4v) is 3.71. The van der Waals surface area contributed by atoms with Crippen molar-refractivity contribution < 1.29 is 0 Å². The van der Waals surface area contributed by atoms with Crippen molar-refractivity contribution in [1.82, 2.24) is 24.7 Å². The van der Waals surface area contributed by atoms with Gasteiger partial charge in [-0.15, -0.1) is 0 Å². The number of hydrogen-bond acceptors (Lipinski definition) is 4. The first-order valence-corrected chi connectivity index (χ1v) is 8.69. The topological polar surface area (TPSA) is 96.4 Å². The van der Waals surface area contributed by atoms with Crippen LogP contribution in [0.15, 0.2) is 33.9 Å². The lowest BCUT2D eigenvalue weighted by atomic mass is 10.1. The van der Waals surface area contributed by atoms with Gasteiger partial charge in [-0.1, -0.05) is 17.7 Å². The molecular weight excluding hydrogens is 354 g/mol. The van der Waals surface area contributed by atoms with Crippen LogP contribution in [-0.2, 0) is 7.05 Å². The highest BCUT2D eigenvalue weighted by Crippen LogP contribution is 2.43. The molecular formula is C18H14ClN5O2. The van der Waals surface area contributed by atoms with Gasteiger partial charge in [0.1, 0.15) is 5.69 Å². The fourth-order valence-electron chi connectivity index (χ4n) is 3.46. The second-order valence-electron chi connectivity index (χ2n) is 6.61. The van der Waals surface area contributed by atoms with Gasteiger partial charge in [-0.2, -0.15) is 5.10 Å². The second kappa shape index (κ2) is 5.28. The maximum absolute atomic E-state index is 12.3. The average Bonchev–Trinajstić information content (AvgIpc) is 3.39. The summed E-state index contributed by atoms with van der Waals surface area (Å²) in [6, 6.07) is 7.53. The lowest BCUT2D eigenvalue weighted by Gasteiger charge is -2.07. The molecule has 4 aromatic rings. The standard InChI is InChI=1S/C18H14ClN5O2/c1-24-12-4-2-3-10(19)13(12)15(23-24)11-7-9(8-5-6-8)14-16(20-11)17(25)22-18(26)21-14/h2-4,7-8H,5-6H2,1H3,(H2,21,22,25,26). The van der Waals surface area contributed by atoms with Crippen molar-refractivity contribution in [2.75, 3.05) is 0 Å². The van der Waals surface area contributed by atoms with Crippen molar-refractivity contribution in [2.24, 2.45) is 7.05 Å². The molecule has 7 nitrogen and oxygen atoms in total. The minimum absolute atomic E-state index is 0.217. The number of H-pyrrole nitrogens is 2. The van der Waals surface area contributed by atoms with Gasteiger partial charge in [0.05, 0.1) is 21.7 Å². The molecule has 1 aliphatic rings. The highest BCUT2D eigenvalue weighted by atomic mass is 35.5. The highest BCUT2D eigenvalue weighted by molar-refractivity contribution is 6.36. The average molecular weight is 368 g/mol. The van der Waals surface area contributed by atoms with Crippen LogP contribution in [0.25, 0.3) is 33.3 Å². The number of aryl methyl sites for hydroxylation is 1. The van der Waals surface area contributed by atoms with Crippen LogP contribution < -0.4 is 11.2 Å². The monoisotopic (exact) mass is 367 g/mol. The van der Waals surface area contributed by atoms with E-state index in [9.17, 15) is 9.59 Å². The summed E-state index contributed by atoms with van der Waals surface area (Å²) in [5.74, 6) is 0.321. The van der Waals surface area contributed by atoms with Crippen LogP contribution in [0, 0.1) is 0 Å². The Morgan fingerprint density at radius 2 is 2.04 bits per heavy atom. The van der Waals surface area contributed by atoms with Crippen molar-refractivity contribution in [3.63, 3.8) is 0 Å². The quantitative estimate of drug-likeness (QED) is 0.569. The maximum atomic E-state index is 12.3. The fraction of sp³-hybridized carbons (Fsp3) is 0.222. The number of nitrogens with zero attached hydrogens (tertiary/aromatic N) is 3. The maximum Gasteiger partial charge on any atom is 0.326 e. The number of rotatable bonds is 2. The van der Waals surface area contributed by atoms with Gasteiger partial charge < -0.3 is 4.98 Å². The normalized spacial score (nSPS) is 14.4. The van der Waals surface area contributed by atoms with E-state index in [0.29, 0.717) is 27.8 Å². The van der Waals surface area contributed by atoms with Crippen LogP contribution >= 0.6 is 11.6 Å². The molecule has 0 spiro atoms. The summed E-state index contributed by atoms with van der Waals surface area (Å²) in [5.41, 5.74) is 2.73. The molecule has 0 unspecified atom stereocenters. The van der Waals surface area contributed by atoms with Gasteiger partial charge >= 0.3 is 5.69 Å². The SMILES string of the molecule is Cn1nc(-c2cc(C3CC3)c3[nH]c(=O)[nH]c(=O)c3n2)c2c(Cl)cccc21. The molecule has 0 saturated heterocycles. The molecule has 26 heavy (non-hydrogen) atoms. The van der Waals surface area contributed by atoms with Crippen LogP contribution in [0.2, 0.25) is 5.02 Å². The van der Waals surface area contributed by atoms with Crippen LogP contribution in [0.4, 0.5) is 0 Å². The van der Waals surface area contributed by atoms with Gasteiger partial charge in [-0.25, -0.2) is 9.78 Å². The summed E-state index contributed by atoms with van der Waals surface area (Å²) >= 11 is 6.41. The van der Waals surface area contributed by atoms with E-state index in [1.165, 1.54) is 0 Å². The first-order chi connectivity index (χ1) is 12.5. The van der Waals surface area contributed by atoms with Crippen molar-refractivity contribution in [2.45, 2.75) is 18.8 Å². The number of halogens is 1. The molecule has 1 saturated carbocycles. The Labute approximate surface area is 151 Å². The lowest BCUT2D eigenvalue weighted by molar-refractivity contribution is 0.799. The van der Waals surface area contributed by atoms with Gasteiger partial charge in [0.25, 0.3) is 5.56 Å². The van der Waals surface area contributed by atoms with Crippen LogP contribution in [0.5, 0.6) is 0 Å². The largest absolute Gasteiger partial charge is 0.326 e. The van der Waals surface area contributed by atoms with Crippen LogP contribution in [-0.4, -0.2) is 24.7 Å². The van der Waals surface area contributed by atoms with Crippen molar-refractivity contribution in [1.29, 1.82) is 0 Å². The molecule has 1 aromatic carbocycles. The van der Waals surface area contributed by atoms with E-state index in [1.807, 2.05) is 31.3 Å². The third kappa shape index (κ3) is 2.20. The predicted molar refractivity (Wildman–Crippen MR) is 99.7 cm³/mol. The lowest BCUT2D eigenvalue weighted by Crippen LogP contribution is -2.23. The first-order valence-electron chi connectivity index (χ1n) is 8.32.